The molecule has 0 spiro atoms. The van der Waals surface area contributed by atoms with Crippen molar-refractivity contribution >= 4 is 21.4 Å². The molecule has 2 aromatic rings. The number of hydrogen-bond donors (Lipinski definition) is 2. The van der Waals surface area contributed by atoms with E-state index in [1.807, 2.05) is 0 Å². The van der Waals surface area contributed by atoms with Crippen molar-refractivity contribution in [3.05, 3.63) is 53.6 Å². The second-order valence-corrected chi connectivity index (χ2v) is 5.75. The van der Waals surface area contributed by atoms with Crippen LogP contribution in [-0.2, 0) is 10.0 Å². The summed E-state index contributed by atoms with van der Waals surface area (Å²) in [4.78, 5) is -0.580. The van der Waals surface area contributed by atoms with E-state index in [9.17, 15) is 26.0 Å². The van der Waals surface area contributed by atoms with E-state index in [1.54, 1.807) is 4.72 Å². The molecular formula is C12H8F4N2O2S. The Bertz CT molecular complexity index is 789. The minimum absolute atomic E-state index is 0.166. The van der Waals surface area contributed by atoms with Crippen LogP contribution in [0.2, 0.25) is 0 Å². The summed E-state index contributed by atoms with van der Waals surface area (Å²) in [5.41, 5.74) is 4.33. The Morgan fingerprint density at radius 3 is 2.10 bits per heavy atom. The molecule has 0 atom stereocenters. The van der Waals surface area contributed by atoms with E-state index >= 15 is 0 Å². The maximum Gasteiger partial charge on any atom is 0.262 e. The lowest BCUT2D eigenvalue weighted by molar-refractivity contribution is 0.496. The topological polar surface area (TPSA) is 72.2 Å². The van der Waals surface area contributed by atoms with Crippen LogP contribution in [0.25, 0.3) is 0 Å². The average Bonchev–Trinajstić information content (AvgIpc) is 2.34. The van der Waals surface area contributed by atoms with Gasteiger partial charge in [0, 0.05) is 17.8 Å². The fourth-order valence-electron chi connectivity index (χ4n) is 1.54. The van der Waals surface area contributed by atoms with Crippen LogP contribution >= 0.6 is 0 Å². The lowest BCUT2D eigenvalue weighted by Crippen LogP contribution is -2.15. The first-order chi connectivity index (χ1) is 9.69. The minimum atomic E-state index is -4.41. The number of nitrogen functional groups attached to an aromatic ring is 1. The molecule has 0 aliphatic carbocycles. The molecule has 0 amide bonds. The number of sulfonamides is 1. The lowest BCUT2D eigenvalue weighted by Gasteiger charge is -2.10. The highest BCUT2D eigenvalue weighted by Gasteiger charge is 2.19. The smallest absolute Gasteiger partial charge is 0.262 e. The van der Waals surface area contributed by atoms with Crippen LogP contribution in [0, 0.1) is 23.3 Å². The van der Waals surface area contributed by atoms with Crippen LogP contribution in [0.1, 0.15) is 0 Å². The molecule has 0 aliphatic heterocycles. The van der Waals surface area contributed by atoms with Gasteiger partial charge in [0.25, 0.3) is 10.0 Å². The third kappa shape index (κ3) is 3.24. The Balaban J connectivity index is 2.44. The van der Waals surface area contributed by atoms with Gasteiger partial charge >= 0.3 is 0 Å². The van der Waals surface area contributed by atoms with E-state index in [4.69, 9.17) is 5.73 Å². The van der Waals surface area contributed by atoms with Crippen LogP contribution in [0.5, 0.6) is 0 Å². The third-order valence-electron chi connectivity index (χ3n) is 2.46. The number of benzene rings is 2. The largest absolute Gasteiger partial charge is 0.399 e. The highest BCUT2D eigenvalue weighted by Crippen LogP contribution is 2.23. The molecule has 0 fully saturated rings. The van der Waals surface area contributed by atoms with Gasteiger partial charge in [-0.05, 0) is 18.2 Å². The molecular weight excluding hydrogens is 312 g/mol. The number of nitrogens with two attached hydrogens (primary N) is 1. The maximum atomic E-state index is 13.4. The quantitative estimate of drug-likeness (QED) is 0.519. The second-order valence-electron chi connectivity index (χ2n) is 4.07. The standard InChI is InChI=1S/C12H8F4N2O2S/c13-6-1-7(17)3-8(2-6)21(19,20)18-12-5-10(15)9(14)4-11(12)16/h1-5,18H,17H2. The minimum Gasteiger partial charge on any atom is -0.399 e. The van der Waals surface area contributed by atoms with Gasteiger partial charge in [-0.2, -0.15) is 0 Å². The Kier molecular flexibility index (Phi) is 3.77. The summed E-state index contributed by atoms with van der Waals surface area (Å²) >= 11 is 0. The van der Waals surface area contributed by atoms with Crippen molar-refractivity contribution < 1.29 is 26.0 Å². The molecule has 21 heavy (non-hydrogen) atoms. The molecule has 0 radical (unpaired) electrons. The lowest BCUT2D eigenvalue weighted by atomic mass is 10.3. The number of anilines is 2. The van der Waals surface area contributed by atoms with Crippen molar-refractivity contribution in [2.24, 2.45) is 0 Å². The van der Waals surface area contributed by atoms with Crippen molar-refractivity contribution in [1.82, 2.24) is 0 Å². The van der Waals surface area contributed by atoms with Crippen LogP contribution in [0.3, 0.4) is 0 Å². The summed E-state index contributed by atoms with van der Waals surface area (Å²) in [6, 6.07) is 2.99. The van der Waals surface area contributed by atoms with E-state index in [0.29, 0.717) is 12.1 Å². The van der Waals surface area contributed by atoms with Gasteiger partial charge in [-0.15, -0.1) is 0 Å². The fourth-order valence-corrected chi connectivity index (χ4v) is 2.67. The zero-order chi connectivity index (χ0) is 15.8. The Morgan fingerprint density at radius 2 is 1.48 bits per heavy atom. The molecule has 0 unspecified atom stereocenters. The van der Waals surface area contributed by atoms with Crippen LogP contribution in [0.15, 0.2) is 35.2 Å². The highest BCUT2D eigenvalue weighted by molar-refractivity contribution is 7.92. The molecule has 0 bridgehead atoms. The number of halogens is 4. The highest BCUT2D eigenvalue weighted by atomic mass is 32.2. The molecule has 0 saturated carbocycles. The molecule has 0 aliphatic rings. The van der Waals surface area contributed by atoms with Crippen molar-refractivity contribution in [3.63, 3.8) is 0 Å². The van der Waals surface area contributed by atoms with Gasteiger partial charge in [-0.1, -0.05) is 0 Å². The molecule has 3 N–H and O–H groups in total. The molecule has 0 saturated heterocycles. The summed E-state index contributed by atoms with van der Waals surface area (Å²) in [5, 5.41) is 0. The van der Waals surface area contributed by atoms with Crippen molar-refractivity contribution in [3.8, 4) is 0 Å². The van der Waals surface area contributed by atoms with Gasteiger partial charge in [0.05, 0.1) is 10.6 Å². The zero-order valence-corrected chi connectivity index (χ0v) is 11.0. The third-order valence-corrected chi connectivity index (χ3v) is 3.80. The predicted octanol–water partition coefficient (Wildman–Crippen LogP) is 2.63. The first-order valence-corrected chi connectivity index (χ1v) is 6.91. The van der Waals surface area contributed by atoms with E-state index in [1.165, 1.54) is 0 Å². The molecule has 112 valence electrons. The molecule has 2 aromatic carbocycles. The first kappa shape index (κ1) is 15.1. The van der Waals surface area contributed by atoms with E-state index in [-0.39, 0.29) is 11.8 Å². The summed E-state index contributed by atoms with van der Waals surface area (Å²) < 4.78 is 77.9. The van der Waals surface area contributed by atoms with Crippen LogP contribution in [-0.4, -0.2) is 8.42 Å². The molecule has 0 aromatic heterocycles. The van der Waals surface area contributed by atoms with Gasteiger partial charge in [0.2, 0.25) is 0 Å². The summed E-state index contributed by atoms with van der Waals surface area (Å²) in [7, 11) is -4.41. The van der Waals surface area contributed by atoms with Crippen molar-refractivity contribution in [2.75, 3.05) is 10.5 Å². The molecule has 9 heteroatoms. The van der Waals surface area contributed by atoms with E-state index in [2.05, 4.69) is 0 Å². The molecule has 2 rings (SSSR count). The van der Waals surface area contributed by atoms with Gasteiger partial charge in [-0.3, -0.25) is 4.72 Å². The van der Waals surface area contributed by atoms with Crippen molar-refractivity contribution in [1.29, 1.82) is 0 Å². The maximum absolute atomic E-state index is 13.4. The Morgan fingerprint density at radius 1 is 0.857 bits per heavy atom. The van der Waals surface area contributed by atoms with E-state index in [0.717, 1.165) is 12.1 Å². The zero-order valence-electron chi connectivity index (χ0n) is 10.2. The Hall–Kier alpha value is -2.29. The second kappa shape index (κ2) is 5.24. The predicted molar refractivity (Wildman–Crippen MR) is 67.9 cm³/mol. The normalized spacial score (nSPS) is 11.4. The summed E-state index contributed by atoms with van der Waals surface area (Å²) in [5.74, 6) is -5.14. The monoisotopic (exact) mass is 320 g/mol. The van der Waals surface area contributed by atoms with Crippen molar-refractivity contribution in [2.45, 2.75) is 4.90 Å². The SMILES string of the molecule is Nc1cc(F)cc(S(=O)(=O)Nc2cc(F)c(F)cc2F)c1. The molecule has 0 heterocycles. The number of hydrogen-bond acceptors (Lipinski definition) is 3. The summed E-state index contributed by atoms with van der Waals surface area (Å²) in [6.07, 6.45) is 0. The van der Waals surface area contributed by atoms with Gasteiger partial charge < -0.3 is 5.73 Å². The average molecular weight is 320 g/mol. The van der Waals surface area contributed by atoms with Gasteiger partial charge in [0.1, 0.15) is 11.6 Å². The summed E-state index contributed by atoms with van der Waals surface area (Å²) in [6.45, 7) is 0. The Labute approximate surface area is 117 Å². The van der Waals surface area contributed by atoms with Crippen LogP contribution < -0.4 is 10.5 Å². The van der Waals surface area contributed by atoms with Gasteiger partial charge in [0.15, 0.2) is 11.6 Å². The van der Waals surface area contributed by atoms with Crippen LogP contribution in [0.4, 0.5) is 28.9 Å². The molecule has 4 nitrogen and oxygen atoms in total. The van der Waals surface area contributed by atoms with E-state index < -0.39 is 43.9 Å². The first-order valence-electron chi connectivity index (χ1n) is 5.42. The number of nitrogens with one attached hydrogen (secondary N) is 1. The fraction of sp³-hybridized carbons (Fsp3) is 0. The number of rotatable bonds is 3. The van der Waals surface area contributed by atoms with Gasteiger partial charge in [-0.25, -0.2) is 26.0 Å².